The molecule has 1 aliphatic carbocycles. The van der Waals surface area contributed by atoms with Crippen molar-refractivity contribution >= 4 is 21.6 Å². The van der Waals surface area contributed by atoms with E-state index >= 15 is 0 Å². The molecule has 0 unspecified atom stereocenters. The maximum Gasteiger partial charge on any atom is 0.250 e. The fourth-order valence-corrected chi connectivity index (χ4v) is 5.16. The summed E-state index contributed by atoms with van der Waals surface area (Å²) in [5.41, 5.74) is 2.66. The summed E-state index contributed by atoms with van der Waals surface area (Å²) in [7, 11) is -1.98. The highest BCUT2D eigenvalue weighted by Crippen LogP contribution is 2.39. The lowest BCUT2D eigenvalue weighted by Gasteiger charge is -2.20. The number of nitrogens with zero attached hydrogens (tertiary/aromatic N) is 3. The van der Waals surface area contributed by atoms with Gasteiger partial charge in [-0.05, 0) is 44.4 Å². The number of benzene rings is 1. The third-order valence-corrected chi connectivity index (χ3v) is 7.49. The zero-order valence-electron chi connectivity index (χ0n) is 16.6. The van der Waals surface area contributed by atoms with E-state index in [9.17, 15) is 8.42 Å². The van der Waals surface area contributed by atoms with Crippen molar-refractivity contribution in [1.29, 1.82) is 0 Å². The van der Waals surface area contributed by atoms with E-state index in [0.29, 0.717) is 22.2 Å². The van der Waals surface area contributed by atoms with Crippen LogP contribution in [0.4, 0.5) is 0 Å². The second-order valence-electron chi connectivity index (χ2n) is 7.46. The van der Waals surface area contributed by atoms with Gasteiger partial charge in [-0.2, -0.15) is 0 Å². The summed E-state index contributed by atoms with van der Waals surface area (Å²) in [5.74, 6) is 1.12. The Bertz CT molecular complexity index is 1150. The maximum absolute atomic E-state index is 13.2. The second kappa shape index (κ2) is 7.59. The maximum atomic E-state index is 13.2. The number of nitrogens with one attached hydrogen (secondary N) is 1. The van der Waals surface area contributed by atoms with Gasteiger partial charge in [0.15, 0.2) is 0 Å². The number of hydrogen-bond donors (Lipinski definition) is 1. The van der Waals surface area contributed by atoms with Gasteiger partial charge in [-0.1, -0.05) is 30.2 Å². The summed E-state index contributed by atoms with van der Waals surface area (Å²) in [4.78, 5) is 0.176. The van der Waals surface area contributed by atoms with Crippen molar-refractivity contribution in [1.82, 2.24) is 19.5 Å². The lowest BCUT2D eigenvalue weighted by Crippen LogP contribution is -2.24. The van der Waals surface area contributed by atoms with Gasteiger partial charge in [-0.25, -0.2) is 13.1 Å². The molecule has 0 saturated heterocycles. The zero-order chi connectivity index (χ0) is 20.8. The molecule has 154 valence electrons. The molecular formula is C20H23ClN4O3S. The minimum Gasteiger partial charge on any atom is -0.420 e. The van der Waals surface area contributed by atoms with Gasteiger partial charge in [0.05, 0.1) is 5.56 Å². The van der Waals surface area contributed by atoms with Crippen molar-refractivity contribution in [3.63, 3.8) is 0 Å². The molecule has 2 heterocycles. The molecule has 1 aromatic carbocycles. The highest BCUT2D eigenvalue weighted by Gasteiger charge is 2.32. The standard InChI is InChI=1S/C20H23ClN4O3S/c1-12-17(20-24-23-19(28-20)15-5-4-6-15)18(13(2)25(12)3)29(26,27)22-11-14-7-9-16(21)10-8-14/h7-10,15,22H,4-6,11H2,1-3H3. The van der Waals surface area contributed by atoms with Crippen LogP contribution in [0.25, 0.3) is 11.5 Å². The summed E-state index contributed by atoms with van der Waals surface area (Å²) < 4.78 is 36.8. The van der Waals surface area contributed by atoms with Crippen molar-refractivity contribution in [3.8, 4) is 11.5 Å². The predicted molar refractivity (Wildman–Crippen MR) is 110 cm³/mol. The Morgan fingerprint density at radius 1 is 1.17 bits per heavy atom. The number of sulfonamides is 1. The minimum absolute atomic E-state index is 0.156. The topological polar surface area (TPSA) is 90.0 Å². The monoisotopic (exact) mass is 434 g/mol. The average molecular weight is 435 g/mol. The van der Waals surface area contributed by atoms with Gasteiger partial charge in [-0.3, -0.25) is 0 Å². The van der Waals surface area contributed by atoms with E-state index in [-0.39, 0.29) is 23.2 Å². The van der Waals surface area contributed by atoms with Crippen LogP contribution in [0.3, 0.4) is 0 Å². The Hall–Kier alpha value is -2.16. The van der Waals surface area contributed by atoms with E-state index in [1.165, 1.54) is 0 Å². The number of halogens is 1. The zero-order valence-corrected chi connectivity index (χ0v) is 18.1. The molecule has 0 spiro atoms. The van der Waals surface area contributed by atoms with Crippen LogP contribution in [0, 0.1) is 13.8 Å². The molecular weight excluding hydrogens is 412 g/mol. The normalized spacial score (nSPS) is 14.9. The molecule has 9 heteroatoms. The minimum atomic E-state index is -3.81. The summed E-state index contributed by atoms with van der Waals surface area (Å²) >= 11 is 5.90. The van der Waals surface area contributed by atoms with Gasteiger partial charge in [-0.15, -0.1) is 10.2 Å². The van der Waals surface area contributed by atoms with Crippen LogP contribution in [-0.4, -0.2) is 23.2 Å². The average Bonchev–Trinajstić information content (AvgIpc) is 3.19. The van der Waals surface area contributed by atoms with Crippen LogP contribution >= 0.6 is 11.6 Å². The molecule has 1 fully saturated rings. The largest absolute Gasteiger partial charge is 0.420 e. The molecule has 1 N–H and O–H groups in total. The van der Waals surface area contributed by atoms with Crippen LogP contribution in [0.15, 0.2) is 33.6 Å². The molecule has 2 aromatic heterocycles. The molecule has 0 bridgehead atoms. The van der Waals surface area contributed by atoms with Gasteiger partial charge in [0.2, 0.25) is 15.9 Å². The Labute approximate surface area is 175 Å². The lowest BCUT2D eigenvalue weighted by molar-refractivity contribution is 0.338. The van der Waals surface area contributed by atoms with Crippen molar-refractivity contribution in [2.45, 2.75) is 50.5 Å². The van der Waals surface area contributed by atoms with Crippen molar-refractivity contribution in [2.24, 2.45) is 7.05 Å². The van der Waals surface area contributed by atoms with E-state index in [1.54, 1.807) is 31.2 Å². The third kappa shape index (κ3) is 3.72. The van der Waals surface area contributed by atoms with Crippen LogP contribution in [-0.2, 0) is 23.6 Å². The summed E-state index contributed by atoms with van der Waals surface area (Å²) in [6.45, 7) is 3.79. The molecule has 1 saturated carbocycles. The number of hydrogen-bond acceptors (Lipinski definition) is 5. The van der Waals surface area contributed by atoms with Crippen molar-refractivity contribution in [3.05, 3.63) is 52.1 Å². The first-order chi connectivity index (χ1) is 13.8. The summed E-state index contributed by atoms with van der Waals surface area (Å²) in [6.07, 6.45) is 3.21. The van der Waals surface area contributed by atoms with Crippen LogP contribution in [0.5, 0.6) is 0 Å². The van der Waals surface area contributed by atoms with E-state index in [4.69, 9.17) is 16.0 Å². The van der Waals surface area contributed by atoms with E-state index in [1.807, 2.05) is 18.5 Å². The fraction of sp³-hybridized carbons (Fsp3) is 0.400. The highest BCUT2D eigenvalue weighted by atomic mass is 35.5. The van der Waals surface area contributed by atoms with Crippen molar-refractivity contribution < 1.29 is 12.8 Å². The smallest absolute Gasteiger partial charge is 0.250 e. The van der Waals surface area contributed by atoms with E-state index < -0.39 is 10.0 Å². The van der Waals surface area contributed by atoms with Gasteiger partial charge in [0.25, 0.3) is 5.89 Å². The Kier molecular flexibility index (Phi) is 5.27. The molecule has 1 aliphatic rings. The SMILES string of the molecule is Cc1c(-c2nnc(C3CCC3)o2)c(S(=O)(=O)NCc2ccc(Cl)cc2)c(C)n1C. The van der Waals surface area contributed by atoms with Crippen LogP contribution in [0.2, 0.25) is 5.02 Å². The molecule has 4 rings (SSSR count). The van der Waals surface area contributed by atoms with Crippen LogP contribution in [0.1, 0.15) is 48.0 Å². The quantitative estimate of drug-likeness (QED) is 0.631. The first-order valence-electron chi connectivity index (χ1n) is 9.51. The lowest BCUT2D eigenvalue weighted by atomic mass is 9.85. The Balaban J connectivity index is 1.69. The summed E-state index contributed by atoms with van der Waals surface area (Å²) in [6, 6.07) is 7.04. The molecule has 0 atom stereocenters. The highest BCUT2D eigenvalue weighted by molar-refractivity contribution is 7.89. The molecule has 0 radical (unpaired) electrons. The van der Waals surface area contributed by atoms with E-state index in [2.05, 4.69) is 14.9 Å². The first-order valence-corrected chi connectivity index (χ1v) is 11.4. The van der Waals surface area contributed by atoms with Gasteiger partial charge >= 0.3 is 0 Å². The Morgan fingerprint density at radius 2 is 1.86 bits per heavy atom. The molecule has 29 heavy (non-hydrogen) atoms. The van der Waals surface area contributed by atoms with Gasteiger partial charge in [0.1, 0.15) is 4.90 Å². The van der Waals surface area contributed by atoms with Gasteiger partial charge < -0.3 is 8.98 Å². The van der Waals surface area contributed by atoms with Gasteiger partial charge in [0, 0.05) is 35.9 Å². The Morgan fingerprint density at radius 3 is 2.48 bits per heavy atom. The summed E-state index contributed by atoms with van der Waals surface area (Å²) in [5, 5.41) is 8.94. The molecule has 7 nitrogen and oxygen atoms in total. The molecule has 3 aromatic rings. The number of aromatic nitrogens is 3. The van der Waals surface area contributed by atoms with Crippen molar-refractivity contribution in [2.75, 3.05) is 0 Å². The first kappa shape index (κ1) is 20.1. The molecule has 0 amide bonds. The third-order valence-electron chi connectivity index (χ3n) is 5.68. The molecule has 0 aliphatic heterocycles. The van der Waals surface area contributed by atoms with Crippen LogP contribution < -0.4 is 4.72 Å². The predicted octanol–water partition coefficient (Wildman–Crippen LogP) is 4.09. The van der Waals surface area contributed by atoms with E-state index in [0.717, 1.165) is 30.5 Å². The fourth-order valence-electron chi connectivity index (χ4n) is 3.51. The number of rotatable bonds is 6. The second-order valence-corrected chi connectivity index (χ2v) is 9.60.